The molecule has 0 saturated heterocycles. The number of rotatable bonds is 10. The van der Waals surface area contributed by atoms with E-state index in [4.69, 9.17) is 11.5 Å². The first kappa shape index (κ1) is 27.7. The second-order valence-corrected chi connectivity index (χ2v) is 8.66. The van der Waals surface area contributed by atoms with Crippen LogP contribution < -0.4 is 16.8 Å². The van der Waals surface area contributed by atoms with E-state index in [2.05, 4.69) is 10.3 Å². The molecule has 5 N–H and O–H groups in total. The number of nitrogens with one attached hydrogen (secondary N) is 1. The topological polar surface area (TPSA) is 145 Å². The Morgan fingerprint density at radius 1 is 0.711 bits per heavy atom. The second kappa shape index (κ2) is 14.0. The van der Waals surface area contributed by atoms with Crippen molar-refractivity contribution in [1.82, 2.24) is 10.3 Å². The van der Waals surface area contributed by atoms with Crippen LogP contribution >= 0.6 is 0 Å². The molecule has 0 bridgehead atoms. The third-order valence-electron chi connectivity index (χ3n) is 5.68. The molecule has 3 aromatic carbocycles. The fourth-order valence-electron chi connectivity index (χ4n) is 3.72. The van der Waals surface area contributed by atoms with Crippen molar-refractivity contribution >= 4 is 34.4 Å². The van der Waals surface area contributed by atoms with Crippen LogP contribution in [0, 0.1) is 0 Å². The van der Waals surface area contributed by atoms with Crippen LogP contribution in [0.1, 0.15) is 34.5 Å². The summed E-state index contributed by atoms with van der Waals surface area (Å²) in [6.07, 6.45) is 0.610. The minimum Gasteiger partial charge on any atom is -0.370 e. The van der Waals surface area contributed by atoms with Crippen molar-refractivity contribution in [1.29, 1.82) is 0 Å². The van der Waals surface area contributed by atoms with Crippen LogP contribution in [0.4, 0.5) is 0 Å². The van der Waals surface area contributed by atoms with E-state index in [1.54, 1.807) is 6.07 Å². The lowest BCUT2D eigenvalue weighted by atomic mass is 9.97. The molecular formula is C30H30N4O4. The SMILES string of the molecule is NC(=O)CCC(=O)NC(Cc1ccccc1)C(=O)Cc1ccccc1.NC(=O)c1ccc2ccccc2n1. The zero-order valence-corrected chi connectivity index (χ0v) is 20.9. The van der Waals surface area contributed by atoms with Crippen molar-refractivity contribution in [3.8, 4) is 0 Å². The number of fused-ring (bicyclic) bond motifs is 1. The van der Waals surface area contributed by atoms with Gasteiger partial charge in [0.2, 0.25) is 11.8 Å². The summed E-state index contributed by atoms with van der Waals surface area (Å²) in [6.45, 7) is 0. The van der Waals surface area contributed by atoms with Gasteiger partial charge in [-0.25, -0.2) is 4.98 Å². The van der Waals surface area contributed by atoms with E-state index in [1.165, 1.54) is 0 Å². The van der Waals surface area contributed by atoms with Gasteiger partial charge in [-0.2, -0.15) is 0 Å². The van der Waals surface area contributed by atoms with Crippen molar-refractivity contribution in [2.75, 3.05) is 0 Å². The van der Waals surface area contributed by atoms with Crippen LogP contribution in [-0.4, -0.2) is 34.5 Å². The normalized spacial score (nSPS) is 11.1. The van der Waals surface area contributed by atoms with E-state index in [-0.39, 0.29) is 31.0 Å². The maximum absolute atomic E-state index is 12.7. The van der Waals surface area contributed by atoms with Gasteiger partial charge in [0.1, 0.15) is 5.69 Å². The Labute approximate surface area is 221 Å². The van der Waals surface area contributed by atoms with Crippen molar-refractivity contribution in [3.63, 3.8) is 0 Å². The molecule has 8 heteroatoms. The van der Waals surface area contributed by atoms with Crippen LogP contribution in [0.15, 0.2) is 97.1 Å². The number of benzene rings is 3. The first-order valence-corrected chi connectivity index (χ1v) is 12.2. The van der Waals surface area contributed by atoms with Crippen molar-refractivity contribution in [3.05, 3.63) is 114 Å². The molecule has 4 rings (SSSR count). The van der Waals surface area contributed by atoms with Gasteiger partial charge in [0.05, 0.1) is 11.6 Å². The van der Waals surface area contributed by atoms with Gasteiger partial charge in [0.25, 0.3) is 5.91 Å². The third kappa shape index (κ3) is 8.98. The Kier molecular flexibility index (Phi) is 10.2. The van der Waals surface area contributed by atoms with Gasteiger partial charge in [0.15, 0.2) is 5.78 Å². The number of nitrogens with zero attached hydrogens (tertiary/aromatic N) is 1. The molecule has 0 aliphatic heterocycles. The Hall–Kier alpha value is -4.85. The molecule has 0 spiro atoms. The predicted octanol–water partition coefficient (Wildman–Crippen LogP) is 3.12. The second-order valence-electron chi connectivity index (χ2n) is 8.66. The number of ketones is 1. The number of pyridine rings is 1. The number of nitrogens with two attached hydrogens (primary N) is 2. The Morgan fingerprint density at radius 2 is 1.32 bits per heavy atom. The fourth-order valence-corrected chi connectivity index (χ4v) is 3.72. The third-order valence-corrected chi connectivity index (χ3v) is 5.68. The van der Waals surface area contributed by atoms with E-state index < -0.39 is 17.9 Å². The average Bonchev–Trinajstić information content (AvgIpc) is 2.92. The Bertz CT molecular complexity index is 1390. The maximum Gasteiger partial charge on any atom is 0.267 e. The van der Waals surface area contributed by atoms with E-state index in [0.717, 1.165) is 22.0 Å². The minimum absolute atomic E-state index is 0.0146. The lowest BCUT2D eigenvalue weighted by Gasteiger charge is -2.18. The lowest BCUT2D eigenvalue weighted by Crippen LogP contribution is -2.43. The zero-order chi connectivity index (χ0) is 27.3. The molecule has 38 heavy (non-hydrogen) atoms. The van der Waals surface area contributed by atoms with Gasteiger partial charge in [-0.1, -0.05) is 84.9 Å². The molecule has 1 heterocycles. The molecule has 4 aromatic rings. The largest absolute Gasteiger partial charge is 0.370 e. The smallest absolute Gasteiger partial charge is 0.267 e. The average molecular weight is 511 g/mol. The Morgan fingerprint density at radius 3 is 1.95 bits per heavy atom. The predicted molar refractivity (Wildman–Crippen MR) is 146 cm³/mol. The molecule has 0 radical (unpaired) electrons. The summed E-state index contributed by atoms with van der Waals surface area (Å²) in [5, 5.41) is 3.75. The first-order valence-electron chi connectivity index (χ1n) is 12.2. The minimum atomic E-state index is -0.636. The van der Waals surface area contributed by atoms with Gasteiger partial charge in [-0.15, -0.1) is 0 Å². The zero-order valence-electron chi connectivity index (χ0n) is 20.9. The highest BCUT2D eigenvalue weighted by Gasteiger charge is 2.21. The number of para-hydroxylation sites is 1. The monoisotopic (exact) mass is 510 g/mol. The molecule has 0 fully saturated rings. The van der Waals surface area contributed by atoms with Crippen molar-refractivity contribution < 1.29 is 19.2 Å². The highest BCUT2D eigenvalue weighted by Crippen LogP contribution is 2.11. The van der Waals surface area contributed by atoms with Crippen LogP contribution in [0.2, 0.25) is 0 Å². The molecule has 0 aliphatic rings. The van der Waals surface area contributed by atoms with Crippen molar-refractivity contribution in [2.24, 2.45) is 11.5 Å². The molecular weight excluding hydrogens is 480 g/mol. The highest BCUT2D eigenvalue weighted by molar-refractivity contribution is 5.93. The van der Waals surface area contributed by atoms with Crippen molar-refractivity contribution in [2.45, 2.75) is 31.7 Å². The van der Waals surface area contributed by atoms with Crippen LogP contribution in [-0.2, 0) is 27.2 Å². The fraction of sp³-hybridized carbons (Fsp3) is 0.167. The molecule has 8 nitrogen and oxygen atoms in total. The number of amides is 3. The van der Waals surface area contributed by atoms with E-state index >= 15 is 0 Å². The van der Waals surface area contributed by atoms with Gasteiger partial charge in [-0.05, 0) is 29.7 Å². The number of primary amides is 2. The van der Waals surface area contributed by atoms with Gasteiger partial charge >= 0.3 is 0 Å². The molecule has 0 saturated carbocycles. The number of carbonyl (C=O) groups excluding carboxylic acids is 4. The Balaban J connectivity index is 0.000000256. The van der Waals surface area contributed by atoms with E-state index in [0.29, 0.717) is 12.1 Å². The van der Waals surface area contributed by atoms with Crippen LogP contribution in [0.3, 0.4) is 0 Å². The number of hydrogen-bond donors (Lipinski definition) is 3. The summed E-state index contributed by atoms with van der Waals surface area (Å²) in [7, 11) is 0. The highest BCUT2D eigenvalue weighted by atomic mass is 16.2. The van der Waals surface area contributed by atoms with E-state index in [1.807, 2.05) is 91.0 Å². The number of hydrogen-bond acceptors (Lipinski definition) is 5. The van der Waals surface area contributed by atoms with Crippen LogP contribution in [0.25, 0.3) is 10.9 Å². The first-order chi connectivity index (χ1) is 18.3. The quantitative estimate of drug-likeness (QED) is 0.300. The summed E-state index contributed by atoms with van der Waals surface area (Å²) in [5.74, 6) is -1.44. The van der Waals surface area contributed by atoms with Gasteiger partial charge in [-0.3, -0.25) is 19.2 Å². The molecule has 194 valence electrons. The number of carbonyl (C=O) groups is 4. The molecule has 3 amide bonds. The summed E-state index contributed by atoms with van der Waals surface area (Å²) >= 11 is 0. The van der Waals surface area contributed by atoms with Gasteiger partial charge < -0.3 is 16.8 Å². The lowest BCUT2D eigenvalue weighted by molar-refractivity contribution is -0.128. The van der Waals surface area contributed by atoms with E-state index in [9.17, 15) is 19.2 Å². The maximum atomic E-state index is 12.7. The van der Waals surface area contributed by atoms with Crippen LogP contribution in [0.5, 0.6) is 0 Å². The molecule has 1 unspecified atom stereocenters. The summed E-state index contributed by atoms with van der Waals surface area (Å²) in [5.41, 5.74) is 13.1. The standard InChI is InChI=1S/C20H22N2O3.C10H8N2O/c21-19(24)11-12-20(25)22-17(13-15-7-3-1-4-8-15)18(23)14-16-9-5-2-6-10-16;11-10(13)9-6-5-7-3-1-2-4-8(7)12-9/h1-10,17H,11-14H2,(H2,21,24)(H,22,25);1-6H,(H2,11,13). The summed E-state index contributed by atoms with van der Waals surface area (Å²) < 4.78 is 0. The number of Topliss-reactive ketones (excluding diaryl/α,β-unsaturated/α-hetero) is 1. The molecule has 0 aliphatic carbocycles. The van der Waals surface area contributed by atoms with Gasteiger partial charge in [0, 0.05) is 24.6 Å². The summed E-state index contributed by atoms with van der Waals surface area (Å²) in [6, 6.07) is 29.3. The molecule has 1 aromatic heterocycles. The summed E-state index contributed by atoms with van der Waals surface area (Å²) in [4.78, 5) is 50.5. The molecule has 1 atom stereocenters. The number of aromatic nitrogens is 1.